The number of nitrogens with two attached hydrogens (primary N) is 1. The van der Waals surface area contributed by atoms with E-state index in [1.165, 1.54) is 0 Å². The minimum Gasteiger partial charge on any atom is -0.378 e. The van der Waals surface area contributed by atoms with E-state index in [9.17, 15) is 4.79 Å². The molecule has 2 heterocycles. The Labute approximate surface area is 116 Å². The fourth-order valence-corrected chi connectivity index (χ4v) is 2.41. The number of nitrogen functional groups attached to an aromatic ring is 1. The number of ether oxygens (including phenoxy) is 1. The third kappa shape index (κ3) is 2.19. The summed E-state index contributed by atoms with van der Waals surface area (Å²) >= 11 is 0. The maximum absolute atomic E-state index is 12.6. The van der Waals surface area contributed by atoms with Gasteiger partial charge in [-0.05, 0) is 5.39 Å². The second kappa shape index (κ2) is 5.44. The average Bonchev–Trinajstić information content (AvgIpc) is 2.54. The van der Waals surface area contributed by atoms with Crippen LogP contribution in [0.15, 0.2) is 30.5 Å². The van der Waals surface area contributed by atoms with Crippen LogP contribution in [0, 0.1) is 0 Å². The Balaban J connectivity index is 2.05. The highest BCUT2D eigenvalue weighted by atomic mass is 16.5. The van der Waals surface area contributed by atoms with Gasteiger partial charge < -0.3 is 15.1 Å². The van der Waals surface area contributed by atoms with E-state index in [-0.39, 0.29) is 5.91 Å². The third-order valence-electron chi connectivity index (χ3n) is 3.46. The number of fused-ring (bicyclic) bond motifs is 1. The molecule has 0 aliphatic carbocycles. The molecular formula is C14H16N4O2. The van der Waals surface area contributed by atoms with E-state index in [1.54, 1.807) is 11.1 Å². The molecule has 1 saturated heterocycles. The fraction of sp³-hybridized carbons (Fsp3) is 0.286. The van der Waals surface area contributed by atoms with Gasteiger partial charge in [-0.15, -0.1) is 0 Å². The molecule has 0 spiro atoms. The Kier molecular flexibility index (Phi) is 3.49. The highest BCUT2D eigenvalue weighted by Gasteiger charge is 2.21. The first kappa shape index (κ1) is 12.8. The molecule has 6 nitrogen and oxygen atoms in total. The van der Waals surface area contributed by atoms with Gasteiger partial charge in [0.05, 0.1) is 18.8 Å². The lowest BCUT2D eigenvalue weighted by molar-refractivity contribution is 0.0304. The van der Waals surface area contributed by atoms with E-state index in [4.69, 9.17) is 10.6 Å². The Morgan fingerprint density at radius 3 is 2.65 bits per heavy atom. The lowest BCUT2D eigenvalue weighted by Gasteiger charge is -2.27. The molecule has 0 saturated carbocycles. The summed E-state index contributed by atoms with van der Waals surface area (Å²) in [4.78, 5) is 18.6. The van der Waals surface area contributed by atoms with Crippen LogP contribution in [0.2, 0.25) is 0 Å². The van der Waals surface area contributed by atoms with Gasteiger partial charge in [-0.1, -0.05) is 24.3 Å². The first-order chi connectivity index (χ1) is 9.81. The number of carbonyl (C=O) groups excluding carboxylic acids is 1. The Morgan fingerprint density at radius 1 is 1.25 bits per heavy atom. The highest BCUT2D eigenvalue weighted by Crippen LogP contribution is 2.24. The number of amides is 1. The van der Waals surface area contributed by atoms with Crippen LogP contribution in [0.5, 0.6) is 0 Å². The monoisotopic (exact) mass is 272 g/mol. The van der Waals surface area contributed by atoms with Gasteiger partial charge in [-0.2, -0.15) is 0 Å². The molecule has 0 atom stereocenters. The Hall–Kier alpha value is -2.18. The minimum atomic E-state index is -0.0134. The van der Waals surface area contributed by atoms with E-state index in [0.29, 0.717) is 37.7 Å². The number of hydrogen-bond donors (Lipinski definition) is 2. The molecule has 1 aliphatic heterocycles. The molecule has 20 heavy (non-hydrogen) atoms. The van der Waals surface area contributed by atoms with E-state index in [2.05, 4.69) is 10.4 Å². The number of anilines is 1. The number of pyridine rings is 1. The van der Waals surface area contributed by atoms with Gasteiger partial charge in [0.15, 0.2) is 0 Å². The largest absolute Gasteiger partial charge is 0.378 e. The van der Waals surface area contributed by atoms with Gasteiger partial charge in [-0.25, -0.2) is 10.8 Å². The highest BCUT2D eigenvalue weighted by molar-refractivity contribution is 6.09. The molecule has 3 N–H and O–H groups in total. The molecule has 104 valence electrons. The topological polar surface area (TPSA) is 80.5 Å². The first-order valence-electron chi connectivity index (χ1n) is 6.52. The number of hydrogen-bond acceptors (Lipinski definition) is 5. The van der Waals surface area contributed by atoms with E-state index in [0.717, 1.165) is 10.8 Å². The van der Waals surface area contributed by atoms with Crippen LogP contribution in [0.1, 0.15) is 10.4 Å². The van der Waals surface area contributed by atoms with Gasteiger partial charge in [0.2, 0.25) is 0 Å². The zero-order valence-corrected chi connectivity index (χ0v) is 11.0. The number of rotatable bonds is 2. The average molecular weight is 272 g/mol. The van der Waals surface area contributed by atoms with Crippen LogP contribution >= 0.6 is 0 Å². The molecule has 0 radical (unpaired) electrons. The predicted octanol–water partition coefficient (Wildman–Crippen LogP) is 0.993. The van der Waals surface area contributed by atoms with E-state index < -0.39 is 0 Å². The van der Waals surface area contributed by atoms with Crippen molar-refractivity contribution in [2.45, 2.75) is 0 Å². The molecule has 1 aromatic heterocycles. The van der Waals surface area contributed by atoms with Crippen molar-refractivity contribution in [1.82, 2.24) is 9.88 Å². The SMILES string of the molecule is NNc1ncc(C(=O)N2CCOCC2)c2ccccc12. The van der Waals surface area contributed by atoms with Crippen LogP contribution in [-0.2, 0) is 4.74 Å². The van der Waals surface area contributed by atoms with Crippen molar-refractivity contribution >= 4 is 22.5 Å². The maximum Gasteiger partial charge on any atom is 0.256 e. The maximum atomic E-state index is 12.6. The zero-order chi connectivity index (χ0) is 13.9. The van der Waals surface area contributed by atoms with E-state index in [1.807, 2.05) is 24.3 Å². The smallest absolute Gasteiger partial charge is 0.256 e. The fourth-order valence-electron chi connectivity index (χ4n) is 2.41. The van der Waals surface area contributed by atoms with Crippen LogP contribution < -0.4 is 11.3 Å². The predicted molar refractivity (Wildman–Crippen MR) is 76.3 cm³/mol. The normalized spacial score (nSPS) is 15.3. The van der Waals surface area contributed by atoms with Crippen molar-refractivity contribution in [2.24, 2.45) is 5.84 Å². The summed E-state index contributed by atoms with van der Waals surface area (Å²) in [5, 5.41) is 1.70. The number of morpholine rings is 1. The quantitative estimate of drug-likeness (QED) is 0.629. The van der Waals surface area contributed by atoms with Crippen molar-refractivity contribution in [3.63, 3.8) is 0 Å². The number of nitrogens with one attached hydrogen (secondary N) is 1. The van der Waals surface area contributed by atoms with Crippen molar-refractivity contribution in [3.05, 3.63) is 36.0 Å². The molecule has 0 unspecified atom stereocenters. The molecule has 3 rings (SSSR count). The van der Waals surface area contributed by atoms with Gasteiger partial charge in [0, 0.05) is 24.7 Å². The van der Waals surface area contributed by atoms with Crippen molar-refractivity contribution in [1.29, 1.82) is 0 Å². The zero-order valence-electron chi connectivity index (χ0n) is 11.0. The van der Waals surface area contributed by atoms with E-state index >= 15 is 0 Å². The van der Waals surface area contributed by atoms with Crippen molar-refractivity contribution in [3.8, 4) is 0 Å². The lowest BCUT2D eigenvalue weighted by atomic mass is 10.1. The molecule has 1 amide bonds. The molecule has 0 bridgehead atoms. The number of benzene rings is 1. The summed E-state index contributed by atoms with van der Waals surface area (Å²) in [7, 11) is 0. The third-order valence-corrected chi connectivity index (χ3v) is 3.46. The van der Waals surface area contributed by atoms with Crippen LogP contribution in [-0.4, -0.2) is 42.1 Å². The number of hydrazine groups is 1. The number of aromatic nitrogens is 1. The molecule has 1 fully saturated rings. The standard InChI is InChI=1S/C14H16N4O2/c15-17-13-11-4-2-1-3-10(11)12(9-16-13)14(19)18-5-7-20-8-6-18/h1-4,9H,5-8,15H2,(H,16,17). The lowest BCUT2D eigenvalue weighted by Crippen LogP contribution is -2.40. The molecule has 2 aromatic rings. The number of nitrogens with zero attached hydrogens (tertiary/aromatic N) is 2. The summed E-state index contributed by atoms with van der Waals surface area (Å²) in [6.07, 6.45) is 1.58. The molecule has 1 aromatic carbocycles. The number of carbonyl (C=O) groups is 1. The second-order valence-corrected chi connectivity index (χ2v) is 4.61. The summed E-state index contributed by atoms with van der Waals surface area (Å²) < 4.78 is 5.27. The van der Waals surface area contributed by atoms with Gasteiger partial charge >= 0.3 is 0 Å². The van der Waals surface area contributed by atoms with Crippen molar-refractivity contribution in [2.75, 3.05) is 31.7 Å². The van der Waals surface area contributed by atoms with Gasteiger partial charge in [-0.3, -0.25) is 4.79 Å². The van der Waals surface area contributed by atoms with Gasteiger partial charge in [0.1, 0.15) is 5.82 Å². The minimum absolute atomic E-state index is 0.0134. The van der Waals surface area contributed by atoms with Crippen LogP contribution in [0.3, 0.4) is 0 Å². The molecular weight excluding hydrogens is 256 g/mol. The van der Waals surface area contributed by atoms with Crippen molar-refractivity contribution < 1.29 is 9.53 Å². The summed E-state index contributed by atoms with van der Waals surface area (Å²) in [6, 6.07) is 7.60. The van der Waals surface area contributed by atoms with Crippen LogP contribution in [0.4, 0.5) is 5.82 Å². The Morgan fingerprint density at radius 2 is 1.95 bits per heavy atom. The second-order valence-electron chi connectivity index (χ2n) is 4.61. The first-order valence-corrected chi connectivity index (χ1v) is 6.52. The van der Waals surface area contributed by atoms with Crippen LogP contribution in [0.25, 0.3) is 10.8 Å². The molecule has 1 aliphatic rings. The summed E-state index contributed by atoms with van der Waals surface area (Å²) in [6.45, 7) is 2.40. The summed E-state index contributed by atoms with van der Waals surface area (Å²) in [5.41, 5.74) is 3.16. The molecule has 6 heteroatoms. The van der Waals surface area contributed by atoms with Gasteiger partial charge in [0.25, 0.3) is 5.91 Å². The summed E-state index contributed by atoms with van der Waals surface area (Å²) in [5.74, 6) is 6.02. The Bertz CT molecular complexity index is 638.